The van der Waals surface area contributed by atoms with Crippen molar-refractivity contribution in [3.05, 3.63) is 83.1 Å². The van der Waals surface area contributed by atoms with E-state index in [-0.39, 0.29) is 19.2 Å². The van der Waals surface area contributed by atoms with Crippen molar-refractivity contribution in [2.45, 2.75) is 45.3 Å². The maximum absolute atomic E-state index is 13.3. The van der Waals surface area contributed by atoms with Crippen LogP contribution in [0.3, 0.4) is 0 Å². The molecule has 0 N–H and O–H groups in total. The van der Waals surface area contributed by atoms with Crippen LogP contribution in [0.25, 0.3) is 0 Å². The molecule has 0 radical (unpaired) electrons. The highest BCUT2D eigenvalue weighted by Crippen LogP contribution is 2.36. The number of benzene rings is 1. The molecule has 0 atom stereocenters. The quantitative estimate of drug-likeness (QED) is 0.350. The first-order valence-electron chi connectivity index (χ1n) is 11.2. The summed E-state index contributed by atoms with van der Waals surface area (Å²) < 4.78 is 86.9. The van der Waals surface area contributed by atoms with Crippen LogP contribution in [-0.2, 0) is 37.3 Å². The van der Waals surface area contributed by atoms with Crippen molar-refractivity contribution in [2.24, 2.45) is 7.05 Å². The second-order valence-corrected chi connectivity index (χ2v) is 8.76. The Morgan fingerprint density at radius 3 is 2.03 bits per heavy atom. The van der Waals surface area contributed by atoms with Gasteiger partial charge < -0.3 is 18.8 Å². The van der Waals surface area contributed by atoms with Crippen molar-refractivity contribution >= 4 is 11.8 Å². The zero-order chi connectivity index (χ0) is 27.5. The lowest BCUT2D eigenvalue weighted by Gasteiger charge is -2.30. The van der Waals surface area contributed by atoms with Gasteiger partial charge in [0.05, 0.1) is 30.5 Å². The zero-order valence-electron chi connectivity index (χ0n) is 20.2. The first-order valence-corrected chi connectivity index (χ1v) is 11.2. The number of carbonyl (C=O) groups excluding carboxylic acids is 2. The highest BCUT2D eigenvalue weighted by Gasteiger charge is 2.38. The van der Waals surface area contributed by atoms with Crippen LogP contribution in [0.1, 0.15) is 46.8 Å². The number of alkyl halides is 6. The smallest absolute Gasteiger partial charge is 0.416 e. The second kappa shape index (κ2) is 10.7. The number of nitrogens with zero attached hydrogens (tertiary/aromatic N) is 3. The third-order valence-electron chi connectivity index (χ3n) is 5.71. The Hall–Kier alpha value is -3.70. The van der Waals surface area contributed by atoms with E-state index < -0.39 is 53.4 Å². The number of aryl methyl sites for hydroxylation is 1. The molecule has 12 heteroatoms. The van der Waals surface area contributed by atoms with E-state index in [1.807, 2.05) is 0 Å². The maximum Gasteiger partial charge on any atom is 0.416 e. The predicted octanol–water partition coefficient (Wildman–Crippen LogP) is 5.74. The van der Waals surface area contributed by atoms with Crippen LogP contribution >= 0.6 is 0 Å². The lowest BCUT2D eigenvalue weighted by Crippen LogP contribution is -2.45. The van der Waals surface area contributed by atoms with Gasteiger partial charge in [0.15, 0.2) is 0 Å². The molecule has 200 valence electrons. The molecule has 3 rings (SSSR count). The first-order chi connectivity index (χ1) is 17.2. The molecule has 2 amide bonds. The molecule has 0 saturated heterocycles. The van der Waals surface area contributed by atoms with E-state index in [0.717, 1.165) is 10.6 Å². The fourth-order valence-electron chi connectivity index (χ4n) is 3.66. The lowest BCUT2D eigenvalue weighted by molar-refractivity contribution is -0.143. The van der Waals surface area contributed by atoms with Gasteiger partial charge in [-0.15, -0.1) is 0 Å². The van der Waals surface area contributed by atoms with Gasteiger partial charge in [-0.1, -0.05) is 0 Å². The van der Waals surface area contributed by atoms with E-state index in [0.29, 0.717) is 17.9 Å². The average Bonchev–Trinajstić information content (AvgIpc) is 3.46. The van der Waals surface area contributed by atoms with Crippen molar-refractivity contribution < 1.29 is 40.3 Å². The number of furan rings is 1. The van der Waals surface area contributed by atoms with Crippen LogP contribution in [0.5, 0.6) is 0 Å². The zero-order valence-corrected chi connectivity index (χ0v) is 20.2. The number of amides is 2. The molecule has 0 aliphatic heterocycles. The van der Waals surface area contributed by atoms with Gasteiger partial charge in [0.1, 0.15) is 12.3 Å². The van der Waals surface area contributed by atoms with E-state index in [2.05, 4.69) is 0 Å². The lowest BCUT2D eigenvalue weighted by atomic mass is 10.0. The average molecular weight is 529 g/mol. The van der Waals surface area contributed by atoms with Crippen molar-refractivity contribution in [3.63, 3.8) is 0 Å². The molecule has 0 unspecified atom stereocenters. The number of halogens is 6. The largest absolute Gasteiger partial charge is 0.467 e. The van der Waals surface area contributed by atoms with Gasteiger partial charge in [-0.3, -0.25) is 9.59 Å². The summed E-state index contributed by atoms with van der Waals surface area (Å²) in [4.78, 5) is 28.9. The minimum absolute atomic E-state index is 0.0406. The SMILES string of the molecule is CC(C)N(CC(=O)N(Cc1ccco1)Cc1cccn1C)C(=O)c1cc(C(F)(F)F)cc(C(F)(F)F)c1. The Morgan fingerprint density at radius 1 is 0.946 bits per heavy atom. The van der Waals surface area contributed by atoms with Gasteiger partial charge in [0.2, 0.25) is 5.91 Å². The summed E-state index contributed by atoms with van der Waals surface area (Å²) in [5.41, 5.74) is -3.27. The Labute approximate surface area is 209 Å². The van der Waals surface area contributed by atoms with Crippen LogP contribution in [0, 0.1) is 0 Å². The summed E-state index contributed by atoms with van der Waals surface area (Å²) in [6.45, 7) is 2.62. The fourth-order valence-corrected chi connectivity index (χ4v) is 3.66. The third kappa shape index (κ3) is 6.95. The molecule has 1 aromatic carbocycles. The van der Waals surface area contributed by atoms with Gasteiger partial charge >= 0.3 is 12.4 Å². The fraction of sp³-hybridized carbons (Fsp3) is 0.360. The predicted molar refractivity (Wildman–Crippen MR) is 121 cm³/mol. The van der Waals surface area contributed by atoms with Crippen LogP contribution in [0.15, 0.2) is 59.3 Å². The van der Waals surface area contributed by atoms with Crippen LogP contribution < -0.4 is 0 Å². The number of aromatic nitrogens is 1. The van der Waals surface area contributed by atoms with Crippen molar-refractivity contribution in [1.82, 2.24) is 14.4 Å². The molecule has 0 aliphatic rings. The number of hydrogen-bond donors (Lipinski definition) is 0. The van der Waals surface area contributed by atoms with Crippen LogP contribution in [-0.4, -0.2) is 38.8 Å². The number of hydrogen-bond acceptors (Lipinski definition) is 3. The summed E-state index contributed by atoms with van der Waals surface area (Å²) in [6, 6.07) is 6.82. The molecule has 2 aromatic heterocycles. The Balaban J connectivity index is 1.93. The van der Waals surface area contributed by atoms with E-state index in [4.69, 9.17) is 4.42 Å². The van der Waals surface area contributed by atoms with Crippen molar-refractivity contribution in [1.29, 1.82) is 0 Å². The molecular formula is C25H25F6N3O3. The summed E-state index contributed by atoms with van der Waals surface area (Å²) in [6.07, 6.45) is -7.01. The molecule has 3 aromatic rings. The molecular weight excluding hydrogens is 504 g/mol. The Morgan fingerprint density at radius 2 is 1.57 bits per heavy atom. The first kappa shape index (κ1) is 27.9. The molecule has 0 bridgehead atoms. The maximum atomic E-state index is 13.3. The molecule has 0 fully saturated rings. The number of carbonyl (C=O) groups is 2. The van der Waals surface area contributed by atoms with E-state index in [9.17, 15) is 35.9 Å². The van der Waals surface area contributed by atoms with Crippen LogP contribution in [0.4, 0.5) is 26.3 Å². The summed E-state index contributed by atoms with van der Waals surface area (Å²) >= 11 is 0. The molecule has 37 heavy (non-hydrogen) atoms. The monoisotopic (exact) mass is 529 g/mol. The summed E-state index contributed by atoms with van der Waals surface area (Å²) in [5.74, 6) is -1.24. The minimum atomic E-state index is -5.11. The van der Waals surface area contributed by atoms with Crippen molar-refractivity contribution in [2.75, 3.05) is 6.54 Å². The normalized spacial score (nSPS) is 12.2. The standard InChI is InChI=1S/C25H25F6N3O3/c1-16(2)34(23(36)17-10-18(24(26,27)28)12-19(11-17)25(29,30)31)15-22(35)33(14-21-7-5-9-37-21)13-20-6-4-8-32(20)3/h4-12,16H,13-15H2,1-3H3. The second-order valence-electron chi connectivity index (χ2n) is 8.76. The Kier molecular flexibility index (Phi) is 8.09. The van der Waals surface area contributed by atoms with E-state index in [1.54, 1.807) is 42.1 Å². The molecule has 6 nitrogen and oxygen atoms in total. The molecule has 0 spiro atoms. The van der Waals surface area contributed by atoms with Gasteiger partial charge in [-0.25, -0.2) is 0 Å². The summed E-state index contributed by atoms with van der Waals surface area (Å²) in [7, 11) is 1.78. The third-order valence-corrected chi connectivity index (χ3v) is 5.71. The van der Waals surface area contributed by atoms with Crippen molar-refractivity contribution in [3.8, 4) is 0 Å². The van der Waals surface area contributed by atoms with E-state index >= 15 is 0 Å². The Bertz CT molecular complexity index is 1200. The van der Waals surface area contributed by atoms with Gasteiger partial charge in [-0.2, -0.15) is 26.3 Å². The molecule has 0 aliphatic carbocycles. The van der Waals surface area contributed by atoms with Gasteiger partial charge in [0.25, 0.3) is 5.91 Å². The highest BCUT2D eigenvalue weighted by molar-refractivity contribution is 5.97. The van der Waals surface area contributed by atoms with Gasteiger partial charge in [0, 0.05) is 30.5 Å². The van der Waals surface area contributed by atoms with E-state index in [1.165, 1.54) is 25.0 Å². The molecule has 2 heterocycles. The summed E-state index contributed by atoms with van der Waals surface area (Å²) in [5, 5.41) is 0. The minimum Gasteiger partial charge on any atom is -0.467 e. The van der Waals surface area contributed by atoms with Gasteiger partial charge in [-0.05, 0) is 56.3 Å². The number of rotatable bonds is 8. The van der Waals surface area contributed by atoms with Crippen LogP contribution in [0.2, 0.25) is 0 Å². The highest BCUT2D eigenvalue weighted by atomic mass is 19.4. The molecule has 0 saturated carbocycles. The topological polar surface area (TPSA) is 58.7 Å².